The molecule has 0 saturated heterocycles. The Kier molecular flexibility index (Phi) is 6.83. The van der Waals surface area contributed by atoms with Crippen LogP contribution in [0, 0.1) is 0 Å². The summed E-state index contributed by atoms with van der Waals surface area (Å²) in [5.74, 6) is 0. The molecule has 1 N–H and O–H groups in total. The zero-order valence-electron chi connectivity index (χ0n) is 8.86. The molecule has 16 heavy (non-hydrogen) atoms. The highest BCUT2D eigenvalue weighted by molar-refractivity contribution is 4.88. The van der Waals surface area contributed by atoms with Gasteiger partial charge in [-0.05, 0) is 36.4 Å². The van der Waals surface area contributed by atoms with Crippen LogP contribution in [0.3, 0.4) is 0 Å². The summed E-state index contributed by atoms with van der Waals surface area (Å²) in [4.78, 5) is 6.65. The third-order valence-corrected chi connectivity index (χ3v) is 1.49. The highest BCUT2D eigenvalue weighted by Gasteiger charge is 1.59. The van der Waals surface area contributed by atoms with Crippen molar-refractivity contribution in [3.8, 4) is 0 Å². The minimum atomic E-state index is 1.62. The maximum atomic E-state index is 4.58. The molecule has 0 aromatic carbocycles. The average molecular weight is 214 g/mol. The number of H-pyrrole nitrogens is 1. The minimum absolute atomic E-state index is 1.62. The quantitative estimate of drug-likeness (QED) is 0.623. The van der Waals surface area contributed by atoms with Crippen LogP contribution in [0.1, 0.15) is 0 Å². The lowest BCUT2D eigenvalue weighted by molar-refractivity contribution is 0.567. The fourth-order valence-corrected chi connectivity index (χ4v) is 0.817. The Morgan fingerprint density at radius 2 is 1.31 bits per heavy atom. The van der Waals surface area contributed by atoms with Crippen molar-refractivity contribution in [3.63, 3.8) is 0 Å². The first kappa shape index (κ1) is 11.8. The van der Waals surface area contributed by atoms with Crippen LogP contribution in [0.5, 0.6) is 0 Å². The molecule has 0 aliphatic rings. The smallest absolute Gasteiger partial charge is 0.0902 e. The first-order valence-corrected chi connectivity index (χ1v) is 4.90. The zero-order chi connectivity index (χ0) is 11.3. The van der Waals surface area contributed by atoms with Crippen LogP contribution in [0.15, 0.2) is 84.2 Å². The summed E-state index contributed by atoms with van der Waals surface area (Å²) in [6.07, 6.45) is 10.5. The van der Waals surface area contributed by atoms with Gasteiger partial charge in [0.2, 0.25) is 0 Å². The Hall–Kier alpha value is -2.29. The van der Waals surface area contributed by atoms with Crippen molar-refractivity contribution < 1.29 is 4.42 Å². The van der Waals surface area contributed by atoms with Crippen molar-refractivity contribution in [2.45, 2.75) is 0 Å². The first-order chi connectivity index (χ1) is 8.00. The van der Waals surface area contributed by atoms with E-state index in [0.29, 0.717) is 0 Å². The molecule has 0 radical (unpaired) electrons. The number of rotatable bonds is 0. The summed E-state index contributed by atoms with van der Waals surface area (Å²) in [7, 11) is 0. The Bertz CT molecular complexity index is 305. The number of aromatic nitrogens is 2. The molecule has 3 aromatic rings. The molecule has 0 spiro atoms. The lowest BCUT2D eigenvalue weighted by Gasteiger charge is -1.70. The van der Waals surface area contributed by atoms with Crippen molar-refractivity contribution >= 4 is 0 Å². The van der Waals surface area contributed by atoms with Crippen molar-refractivity contribution in [1.29, 1.82) is 0 Å². The number of furan rings is 1. The van der Waals surface area contributed by atoms with Crippen molar-refractivity contribution in [1.82, 2.24) is 9.97 Å². The lowest BCUT2D eigenvalue weighted by atomic mass is 10.5. The van der Waals surface area contributed by atoms with Crippen LogP contribution in [0.25, 0.3) is 0 Å². The van der Waals surface area contributed by atoms with E-state index in [1.165, 1.54) is 0 Å². The van der Waals surface area contributed by atoms with Gasteiger partial charge in [0.15, 0.2) is 0 Å². The fraction of sp³-hybridized carbons (Fsp3) is 0. The molecule has 0 atom stereocenters. The molecule has 0 bridgehead atoms. The highest BCUT2D eigenvalue weighted by Crippen LogP contribution is 1.79. The molecule has 0 aliphatic carbocycles. The largest absolute Gasteiger partial charge is 0.473 e. The molecule has 3 heterocycles. The third kappa shape index (κ3) is 7.15. The Morgan fingerprint density at radius 3 is 1.50 bits per heavy atom. The number of pyridine rings is 1. The topological polar surface area (TPSA) is 41.8 Å². The van der Waals surface area contributed by atoms with Gasteiger partial charge in [-0.1, -0.05) is 6.07 Å². The second-order valence-electron chi connectivity index (χ2n) is 2.70. The van der Waals surface area contributed by atoms with Gasteiger partial charge in [-0.3, -0.25) is 4.98 Å². The molecule has 0 amide bonds. The van der Waals surface area contributed by atoms with E-state index in [2.05, 4.69) is 14.4 Å². The van der Waals surface area contributed by atoms with Crippen LogP contribution in [0.4, 0.5) is 0 Å². The van der Waals surface area contributed by atoms with Gasteiger partial charge < -0.3 is 9.40 Å². The Labute approximate surface area is 94.8 Å². The van der Waals surface area contributed by atoms with Crippen molar-refractivity contribution in [2.24, 2.45) is 0 Å². The fourth-order valence-electron chi connectivity index (χ4n) is 0.817. The number of hydrogen-bond donors (Lipinski definition) is 1. The van der Waals surface area contributed by atoms with E-state index in [0.717, 1.165) is 0 Å². The molecule has 3 rings (SSSR count). The maximum absolute atomic E-state index is 4.58. The summed E-state index contributed by atoms with van der Waals surface area (Å²) in [5.41, 5.74) is 0. The third-order valence-electron chi connectivity index (χ3n) is 1.49. The van der Waals surface area contributed by atoms with E-state index in [1.807, 2.05) is 54.9 Å². The van der Waals surface area contributed by atoms with E-state index >= 15 is 0 Å². The van der Waals surface area contributed by atoms with Gasteiger partial charge in [0.05, 0.1) is 12.5 Å². The molecule has 0 saturated carbocycles. The van der Waals surface area contributed by atoms with E-state index < -0.39 is 0 Å². The van der Waals surface area contributed by atoms with E-state index in [1.54, 1.807) is 24.9 Å². The van der Waals surface area contributed by atoms with E-state index in [9.17, 15) is 0 Å². The average Bonchev–Trinajstić information content (AvgIpc) is 3.10. The monoisotopic (exact) mass is 214 g/mol. The van der Waals surface area contributed by atoms with Gasteiger partial charge in [0, 0.05) is 24.8 Å². The molecule has 3 nitrogen and oxygen atoms in total. The summed E-state index contributed by atoms with van der Waals surface area (Å²) in [5, 5.41) is 0. The van der Waals surface area contributed by atoms with Gasteiger partial charge in [-0.25, -0.2) is 0 Å². The van der Waals surface area contributed by atoms with E-state index in [4.69, 9.17) is 0 Å². The van der Waals surface area contributed by atoms with Gasteiger partial charge in [0.25, 0.3) is 0 Å². The molecule has 0 aliphatic heterocycles. The number of hydrogen-bond acceptors (Lipinski definition) is 2. The van der Waals surface area contributed by atoms with Crippen LogP contribution >= 0.6 is 0 Å². The molecule has 3 heteroatoms. The van der Waals surface area contributed by atoms with Gasteiger partial charge >= 0.3 is 0 Å². The Balaban J connectivity index is 0.000000121. The molecule has 0 unspecified atom stereocenters. The predicted molar refractivity (Wildman–Crippen MR) is 63.7 cm³/mol. The summed E-state index contributed by atoms with van der Waals surface area (Å²) in [6, 6.07) is 13.3. The van der Waals surface area contributed by atoms with Crippen LogP contribution < -0.4 is 0 Å². The van der Waals surface area contributed by atoms with Crippen LogP contribution in [-0.4, -0.2) is 9.97 Å². The summed E-state index contributed by atoms with van der Waals surface area (Å²) in [6.45, 7) is 0. The standard InChI is InChI=1S/C5H5N.C4H5N.C4H4O/c1-2-4-6-5-3-1;2*1-2-4-5-3-1/h1-5H;1-5H;1-4H. The summed E-state index contributed by atoms with van der Waals surface area (Å²) >= 11 is 0. The predicted octanol–water partition coefficient (Wildman–Crippen LogP) is 3.38. The first-order valence-electron chi connectivity index (χ1n) is 4.90. The number of nitrogens with zero attached hydrogens (tertiary/aromatic N) is 1. The maximum Gasteiger partial charge on any atom is 0.0902 e. The zero-order valence-corrected chi connectivity index (χ0v) is 8.86. The van der Waals surface area contributed by atoms with Crippen LogP contribution in [0.2, 0.25) is 0 Å². The minimum Gasteiger partial charge on any atom is -0.473 e. The second-order valence-corrected chi connectivity index (χ2v) is 2.70. The molecule has 0 fully saturated rings. The molecular weight excluding hydrogens is 200 g/mol. The Morgan fingerprint density at radius 1 is 0.688 bits per heavy atom. The normalized spacial score (nSPS) is 8.00. The van der Waals surface area contributed by atoms with Crippen molar-refractivity contribution in [3.05, 3.63) is 79.8 Å². The second kappa shape index (κ2) is 9.27. The molecule has 82 valence electrons. The lowest BCUT2D eigenvalue weighted by Crippen LogP contribution is -1.58. The molecule has 3 aromatic heterocycles. The van der Waals surface area contributed by atoms with Crippen molar-refractivity contribution in [2.75, 3.05) is 0 Å². The van der Waals surface area contributed by atoms with Gasteiger partial charge in [0.1, 0.15) is 0 Å². The molecular formula is C13H14N2O. The van der Waals surface area contributed by atoms with Crippen LogP contribution in [-0.2, 0) is 0 Å². The van der Waals surface area contributed by atoms with Gasteiger partial charge in [-0.2, -0.15) is 0 Å². The van der Waals surface area contributed by atoms with E-state index in [-0.39, 0.29) is 0 Å². The highest BCUT2D eigenvalue weighted by atomic mass is 16.3. The SMILES string of the molecule is c1cc[nH]c1.c1ccncc1.c1ccoc1. The number of nitrogens with one attached hydrogen (secondary N) is 1. The van der Waals surface area contributed by atoms with Gasteiger partial charge in [-0.15, -0.1) is 0 Å². The summed E-state index contributed by atoms with van der Waals surface area (Å²) < 4.78 is 4.58. The number of aromatic amines is 1.